The van der Waals surface area contributed by atoms with Gasteiger partial charge in [-0.3, -0.25) is 0 Å². The molecule has 0 aliphatic carbocycles. The zero-order valence-electron chi connectivity index (χ0n) is 8.98. The van der Waals surface area contributed by atoms with Crippen LogP contribution in [0.4, 0.5) is 34.6 Å². The molecule has 94 valence electrons. The van der Waals surface area contributed by atoms with Gasteiger partial charge >= 0.3 is 0 Å². The normalized spacial score (nSPS) is 10.4. The third kappa shape index (κ3) is 2.37. The quantitative estimate of drug-likeness (QED) is 0.489. The lowest BCUT2D eigenvalue weighted by atomic mass is 10.2. The molecular weight excluding hydrogens is 248 g/mol. The number of anilines is 3. The van der Waals surface area contributed by atoms with E-state index in [1.54, 1.807) is 0 Å². The summed E-state index contributed by atoms with van der Waals surface area (Å²) in [7, 11) is 0. The number of nitrogens with one attached hydrogen (secondary N) is 1. The molecule has 6 heteroatoms. The Labute approximate surface area is 100 Å². The van der Waals surface area contributed by atoms with Gasteiger partial charge in [-0.1, -0.05) is 0 Å². The maximum absolute atomic E-state index is 13.0. The van der Waals surface area contributed by atoms with Crippen molar-refractivity contribution in [2.24, 2.45) is 0 Å². The molecule has 2 aromatic rings. The minimum atomic E-state index is -1.56. The van der Waals surface area contributed by atoms with Crippen molar-refractivity contribution in [2.45, 2.75) is 0 Å². The number of benzene rings is 2. The van der Waals surface area contributed by atoms with Gasteiger partial charge in [0, 0.05) is 17.8 Å². The van der Waals surface area contributed by atoms with Gasteiger partial charge in [-0.15, -0.1) is 0 Å². The van der Waals surface area contributed by atoms with E-state index < -0.39 is 23.3 Å². The molecule has 0 atom stereocenters. The fourth-order valence-corrected chi connectivity index (χ4v) is 1.42. The topological polar surface area (TPSA) is 38.0 Å². The van der Waals surface area contributed by atoms with Crippen LogP contribution in [-0.2, 0) is 0 Å². The molecule has 0 heterocycles. The summed E-state index contributed by atoms with van der Waals surface area (Å²) >= 11 is 0. The average Bonchev–Trinajstić information content (AvgIpc) is 2.31. The number of rotatable bonds is 2. The third-order valence-electron chi connectivity index (χ3n) is 2.28. The molecule has 0 saturated carbocycles. The molecule has 2 nitrogen and oxygen atoms in total. The summed E-state index contributed by atoms with van der Waals surface area (Å²) in [4.78, 5) is 0. The molecule has 0 fully saturated rings. The second kappa shape index (κ2) is 4.56. The van der Waals surface area contributed by atoms with E-state index in [0.717, 1.165) is 24.3 Å². The van der Waals surface area contributed by atoms with E-state index in [1.807, 2.05) is 0 Å². The molecule has 0 aromatic heterocycles. The Balaban J connectivity index is 2.37. The SMILES string of the molecule is Nc1ccc(F)cc1Nc1cc(F)c(F)c(F)c1. The van der Waals surface area contributed by atoms with Crippen molar-refractivity contribution < 1.29 is 17.6 Å². The highest BCUT2D eigenvalue weighted by atomic mass is 19.2. The minimum Gasteiger partial charge on any atom is -0.397 e. The second-order valence-corrected chi connectivity index (χ2v) is 3.61. The Morgan fingerprint density at radius 2 is 1.50 bits per heavy atom. The Kier molecular flexibility index (Phi) is 3.10. The van der Waals surface area contributed by atoms with Crippen molar-refractivity contribution >= 4 is 17.1 Å². The fourth-order valence-electron chi connectivity index (χ4n) is 1.42. The van der Waals surface area contributed by atoms with Crippen LogP contribution in [0.15, 0.2) is 30.3 Å². The molecule has 0 bridgehead atoms. The molecule has 0 amide bonds. The van der Waals surface area contributed by atoms with E-state index in [-0.39, 0.29) is 17.1 Å². The zero-order valence-corrected chi connectivity index (χ0v) is 8.98. The first-order valence-corrected chi connectivity index (χ1v) is 4.94. The number of hydrogen-bond donors (Lipinski definition) is 2. The third-order valence-corrected chi connectivity index (χ3v) is 2.28. The molecule has 0 spiro atoms. The molecule has 0 unspecified atom stereocenters. The maximum atomic E-state index is 13.0. The number of hydrogen-bond acceptors (Lipinski definition) is 2. The lowest BCUT2D eigenvalue weighted by Crippen LogP contribution is -1.99. The summed E-state index contributed by atoms with van der Waals surface area (Å²) in [6.07, 6.45) is 0. The highest BCUT2D eigenvalue weighted by Crippen LogP contribution is 2.25. The lowest BCUT2D eigenvalue weighted by Gasteiger charge is -2.10. The van der Waals surface area contributed by atoms with E-state index in [1.165, 1.54) is 6.07 Å². The summed E-state index contributed by atoms with van der Waals surface area (Å²) in [5.74, 6) is -4.80. The second-order valence-electron chi connectivity index (χ2n) is 3.61. The van der Waals surface area contributed by atoms with Crippen LogP contribution in [0.3, 0.4) is 0 Å². The number of nitrogens with two attached hydrogens (primary N) is 1. The van der Waals surface area contributed by atoms with Crippen molar-refractivity contribution in [3.8, 4) is 0 Å². The first kappa shape index (κ1) is 12.2. The Hall–Kier alpha value is -2.24. The zero-order chi connectivity index (χ0) is 13.3. The Morgan fingerprint density at radius 3 is 2.11 bits per heavy atom. The predicted molar refractivity (Wildman–Crippen MR) is 60.4 cm³/mol. The molecule has 2 rings (SSSR count). The van der Waals surface area contributed by atoms with Gasteiger partial charge in [0.1, 0.15) is 5.82 Å². The van der Waals surface area contributed by atoms with Gasteiger partial charge in [-0.25, -0.2) is 17.6 Å². The average molecular weight is 256 g/mol. The van der Waals surface area contributed by atoms with Crippen LogP contribution in [0.2, 0.25) is 0 Å². The predicted octanol–water partition coefficient (Wildman–Crippen LogP) is 3.57. The molecular formula is C12H8F4N2. The van der Waals surface area contributed by atoms with Crippen LogP contribution in [0.5, 0.6) is 0 Å². The summed E-state index contributed by atoms with van der Waals surface area (Å²) in [5, 5.41) is 2.51. The van der Waals surface area contributed by atoms with Gasteiger partial charge in [0.2, 0.25) is 0 Å². The Bertz CT molecular complexity index is 576. The highest BCUT2D eigenvalue weighted by Gasteiger charge is 2.11. The van der Waals surface area contributed by atoms with Crippen LogP contribution in [0, 0.1) is 23.3 Å². The van der Waals surface area contributed by atoms with Crippen LogP contribution < -0.4 is 11.1 Å². The smallest absolute Gasteiger partial charge is 0.194 e. The standard InChI is InChI=1S/C12H8F4N2/c13-6-1-2-10(17)11(3-6)18-7-4-8(14)12(16)9(15)5-7/h1-5,18H,17H2. The van der Waals surface area contributed by atoms with Crippen molar-refractivity contribution in [1.82, 2.24) is 0 Å². The fraction of sp³-hybridized carbons (Fsp3) is 0. The number of halogens is 4. The molecule has 3 N–H and O–H groups in total. The molecule has 18 heavy (non-hydrogen) atoms. The van der Waals surface area contributed by atoms with Gasteiger partial charge in [0.05, 0.1) is 11.4 Å². The molecule has 2 aromatic carbocycles. The summed E-state index contributed by atoms with van der Waals surface area (Å²) < 4.78 is 51.6. The summed E-state index contributed by atoms with van der Waals surface area (Å²) in [6, 6.07) is 5.01. The largest absolute Gasteiger partial charge is 0.397 e. The maximum Gasteiger partial charge on any atom is 0.194 e. The van der Waals surface area contributed by atoms with E-state index in [4.69, 9.17) is 5.73 Å². The summed E-state index contributed by atoms with van der Waals surface area (Å²) in [5.41, 5.74) is 5.82. The van der Waals surface area contributed by atoms with Gasteiger partial charge in [0.25, 0.3) is 0 Å². The molecule has 0 saturated heterocycles. The van der Waals surface area contributed by atoms with E-state index in [0.29, 0.717) is 0 Å². The van der Waals surface area contributed by atoms with Gasteiger partial charge < -0.3 is 11.1 Å². The van der Waals surface area contributed by atoms with Crippen LogP contribution in [0.1, 0.15) is 0 Å². The number of nitrogen functional groups attached to an aromatic ring is 1. The highest BCUT2D eigenvalue weighted by molar-refractivity contribution is 5.72. The van der Waals surface area contributed by atoms with E-state index >= 15 is 0 Å². The Morgan fingerprint density at radius 1 is 0.889 bits per heavy atom. The molecule has 0 radical (unpaired) electrons. The van der Waals surface area contributed by atoms with Crippen molar-refractivity contribution in [2.75, 3.05) is 11.1 Å². The molecule has 0 aliphatic rings. The van der Waals surface area contributed by atoms with Crippen LogP contribution in [-0.4, -0.2) is 0 Å². The first-order chi connectivity index (χ1) is 8.47. The van der Waals surface area contributed by atoms with Gasteiger partial charge in [0.15, 0.2) is 17.5 Å². The monoisotopic (exact) mass is 256 g/mol. The minimum absolute atomic E-state index is 0.0660. The van der Waals surface area contributed by atoms with Gasteiger partial charge in [-0.05, 0) is 18.2 Å². The van der Waals surface area contributed by atoms with E-state index in [2.05, 4.69) is 5.32 Å². The van der Waals surface area contributed by atoms with Crippen molar-refractivity contribution in [3.05, 3.63) is 53.6 Å². The first-order valence-electron chi connectivity index (χ1n) is 4.94. The van der Waals surface area contributed by atoms with Crippen LogP contribution >= 0.6 is 0 Å². The van der Waals surface area contributed by atoms with Gasteiger partial charge in [-0.2, -0.15) is 0 Å². The van der Waals surface area contributed by atoms with Crippen LogP contribution in [0.25, 0.3) is 0 Å². The van der Waals surface area contributed by atoms with E-state index in [9.17, 15) is 17.6 Å². The summed E-state index contributed by atoms with van der Waals surface area (Å²) in [6.45, 7) is 0. The molecule has 0 aliphatic heterocycles. The lowest BCUT2D eigenvalue weighted by molar-refractivity contribution is 0.448. The van der Waals surface area contributed by atoms with Crippen molar-refractivity contribution in [3.63, 3.8) is 0 Å². The van der Waals surface area contributed by atoms with Crippen molar-refractivity contribution in [1.29, 1.82) is 0 Å².